The Balaban J connectivity index is 2.60. The smallest absolute Gasteiger partial charge is 0.352 e. The molecule has 0 saturated heterocycles. The maximum Gasteiger partial charge on any atom is 0.352 e. The van der Waals surface area contributed by atoms with E-state index < -0.39 is 11.9 Å². The molecular weight excluding hydrogens is 274 g/mol. The number of aromatic nitrogens is 1. The molecular formula is C15H17NO5. The van der Waals surface area contributed by atoms with Gasteiger partial charge in [0.05, 0.1) is 13.0 Å². The molecule has 0 aliphatic carbocycles. The van der Waals surface area contributed by atoms with E-state index in [4.69, 9.17) is 9.84 Å². The topological polar surface area (TPSA) is 88.8 Å². The molecule has 0 aliphatic heterocycles. The predicted molar refractivity (Wildman–Crippen MR) is 77.1 cm³/mol. The van der Waals surface area contributed by atoms with Crippen molar-refractivity contribution in [2.24, 2.45) is 0 Å². The highest BCUT2D eigenvalue weighted by Gasteiger charge is 2.20. The fraction of sp³-hybridized carbons (Fsp3) is 0.333. The molecule has 1 aromatic heterocycles. The summed E-state index contributed by atoms with van der Waals surface area (Å²) in [7, 11) is 0. The highest BCUT2D eigenvalue weighted by molar-refractivity contribution is 5.98. The Hall–Kier alpha value is -2.50. The standard InChI is InChI=1S/C15H17NO5/c1-3-21-10-4-5-12-11(8-10)9(2)14(15(19)20)16(12)7-6-13(17)18/h4-5,8H,3,6-7H2,1-2H3,(H,17,18)(H,19,20). The average Bonchev–Trinajstić information content (AvgIpc) is 2.69. The molecule has 1 heterocycles. The lowest BCUT2D eigenvalue weighted by molar-refractivity contribution is -0.137. The van der Waals surface area contributed by atoms with Crippen molar-refractivity contribution in [3.63, 3.8) is 0 Å². The van der Waals surface area contributed by atoms with Gasteiger partial charge in [0.25, 0.3) is 0 Å². The molecule has 0 amide bonds. The first-order chi connectivity index (χ1) is 9.95. The van der Waals surface area contributed by atoms with Crippen LogP contribution in [0.25, 0.3) is 10.9 Å². The maximum absolute atomic E-state index is 11.5. The number of nitrogens with zero attached hydrogens (tertiary/aromatic N) is 1. The zero-order valence-corrected chi connectivity index (χ0v) is 11.9. The SMILES string of the molecule is CCOc1ccc2c(c1)c(C)c(C(=O)O)n2CCC(=O)O. The van der Waals surface area contributed by atoms with Crippen LogP contribution in [0.1, 0.15) is 29.4 Å². The molecule has 0 bridgehead atoms. The van der Waals surface area contributed by atoms with Gasteiger partial charge >= 0.3 is 11.9 Å². The van der Waals surface area contributed by atoms with Gasteiger partial charge in [-0.1, -0.05) is 0 Å². The number of rotatable bonds is 6. The first kappa shape index (κ1) is 14.9. The summed E-state index contributed by atoms with van der Waals surface area (Å²) in [6, 6.07) is 5.31. The molecule has 6 nitrogen and oxygen atoms in total. The molecule has 21 heavy (non-hydrogen) atoms. The minimum absolute atomic E-state index is 0.120. The predicted octanol–water partition coefficient (Wildman–Crippen LogP) is 2.52. The molecule has 0 atom stereocenters. The van der Waals surface area contributed by atoms with Gasteiger partial charge in [0.2, 0.25) is 0 Å². The van der Waals surface area contributed by atoms with Gasteiger partial charge in [-0.15, -0.1) is 0 Å². The van der Waals surface area contributed by atoms with Crippen molar-refractivity contribution >= 4 is 22.8 Å². The van der Waals surface area contributed by atoms with Crippen molar-refractivity contribution in [2.75, 3.05) is 6.61 Å². The third kappa shape index (κ3) is 2.84. The number of aryl methyl sites for hydroxylation is 2. The van der Waals surface area contributed by atoms with Crippen LogP contribution in [0.3, 0.4) is 0 Å². The molecule has 0 saturated carbocycles. The van der Waals surface area contributed by atoms with Crippen LogP contribution < -0.4 is 4.74 Å². The third-order valence-electron chi connectivity index (χ3n) is 3.35. The molecule has 6 heteroatoms. The summed E-state index contributed by atoms with van der Waals surface area (Å²) in [6.07, 6.45) is -0.128. The van der Waals surface area contributed by atoms with Crippen LogP contribution in [0.15, 0.2) is 18.2 Å². The number of carboxylic acids is 2. The third-order valence-corrected chi connectivity index (χ3v) is 3.35. The summed E-state index contributed by atoms with van der Waals surface area (Å²) in [5.74, 6) is -1.36. The monoisotopic (exact) mass is 291 g/mol. The number of aromatic carboxylic acids is 1. The van der Waals surface area contributed by atoms with E-state index in [1.54, 1.807) is 25.1 Å². The summed E-state index contributed by atoms with van der Waals surface area (Å²) >= 11 is 0. The molecule has 0 unspecified atom stereocenters. The van der Waals surface area contributed by atoms with Crippen molar-refractivity contribution in [2.45, 2.75) is 26.8 Å². The van der Waals surface area contributed by atoms with Gasteiger partial charge in [0, 0.05) is 17.4 Å². The first-order valence-corrected chi connectivity index (χ1v) is 6.66. The molecule has 0 fully saturated rings. The molecule has 0 aliphatic rings. The van der Waals surface area contributed by atoms with Gasteiger partial charge in [-0.2, -0.15) is 0 Å². The number of carbonyl (C=O) groups is 2. The Morgan fingerprint density at radius 3 is 2.57 bits per heavy atom. The minimum Gasteiger partial charge on any atom is -0.494 e. The second-order valence-electron chi connectivity index (χ2n) is 4.69. The van der Waals surface area contributed by atoms with Crippen molar-refractivity contribution in [3.8, 4) is 5.75 Å². The lowest BCUT2D eigenvalue weighted by Gasteiger charge is -2.07. The van der Waals surface area contributed by atoms with Crippen LogP contribution >= 0.6 is 0 Å². The number of ether oxygens (including phenoxy) is 1. The van der Waals surface area contributed by atoms with Crippen molar-refractivity contribution in [1.29, 1.82) is 0 Å². The molecule has 0 radical (unpaired) electrons. The van der Waals surface area contributed by atoms with Crippen LogP contribution in [0.2, 0.25) is 0 Å². The highest BCUT2D eigenvalue weighted by atomic mass is 16.5. The number of benzene rings is 1. The van der Waals surface area contributed by atoms with Crippen molar-refractivity contribution in [3.05, 3.63) is 29.5 Å². The number of fused-ring (bicyclic) bond motifs is 1. The van der Waals surface area contributed by atoms with Gasteiger partial charge in [-0.3, -0.25) is 4.79 Å². The van der Waals surface area contributed by atoms with E-state index in [1.807, 2.05) is 6.92 Å². The van der Waals surface area contributed by atoms with Gasteiger partial charge in [0.15, 0.2) is 0 Å². The number of hydrogen-bond donors (Lipinski definition) is 2. The quantitative estimate of drug-likeness (QED) is 0.853. The highest BCUT2D eigenvalue weighted by Crippen LogP contribution is 2.29. The number of hydrogen-bond acceptors (Lipinski definition) is 3. The first-order valence-electron chi connectivity index (χ1n) is 6.66. The number of aliphatic carboxylic acids is 1. The molecule has 2 aromatic rings. The molecule has 2 rings (SSSR count). The molecule has 112 valence electrons. The van der Waals surface area contributed by atoms with Crippen LogP contribution in [-0.2, 0) is 11.3 Å². The van der Waals surface area contributed by atoms with Gasteiger partial charge in [0.1, 0.15) is 11.4 Å². The van der Waals surface area contributed by atoms with E-state index in [9.17, 15) is 14.7 Å². The van der Waals surface area contributed by atoms with Crippen molar-refractivity contribution in [1.82, 2.24) is 4.57 Å². The lowest BCUT2D eigenvalue weighted by atomic mass is 10.1. The number of carboxylic acid groups (broad SMARTS) is 2. The van der Waals surface area contributed by atoms with Crippen LogP contribution in [-0.4, -0.2) is 33.3 Å². The zero-order chi connectivity index (χ0) is 15.6. The summed E-state index contributed by atoms with van der Waals surface area (Å²) < 4.78 is 6.96. The fourth-order valence-electron chi connectivity index (χ4n) is 2.47. The maximum atomic E-state index is 11.5. The van der Waals surface area contributed by atoms with Crippen LogP contribution in [0.5, 0.6) is 5.75 Å². The van der Waals surface area contributed by atoms with E-state index in [-0.39, 0.29) is 18.7 Å². The Kier molecular flexibility index (Phi) is 4.16. The summed E-state index contributed by atoms with van der Waals surface area (Å²) in [5, 5.41) is 19.0. The Labute approximate surface area is 121 Å². The molecule has 1 aromatic carbocycles. The van der Waals surface area contributed by atoms with E-state index in [2.05, 4.69) is 0 Å². The Morgan fingerprint density at radius 2 is 2.00 bits per heavy atom. The minimum atomic E-state index is -1.06. The lowest BCUT2D eigenvalue weighted by Crippen LogP contribution is -2.12. The van der Waals surface area contributed by atoms with Crippen LogP contribution in [0.4, 0.5) is 0 Å². The zero-order valence-electron chi connectivity index (χ0n) is 11.9. The van der Waals surface area contributed by atoms with Gasteiger partial charge < -0.3 is 19.5 Å². The normalized spacial score (nSPS) is 10.8. The van der Waals surface area contributed by atoms with E-state index >= 15 is 0 Å². The summed E-state index contributed by atoms with van der Waals surface area (Å²) in [4.78, 5) is 22.2. The van der Waals surface area contributed by atoms with Crippen LogP contribution in [0, 0.1) is 6.92 Å². The second-order valence-corrected chi connectivity index (χ2v) is 4.69. The average molecular weight is 291 g/mol. The van der Waals surface area contributed by atoms with Gasteiger partial charge in [-0.05, 0) is 37.6 Å². The summed E-state index contributed by atoms with van der Waals surface area (Å²) in [5.41, 5.74) is 1.44. The van der Waals surface area contributed by atoms with E-state index in [0.717, 1.165) is 5.39 Å². The summed E-state index contributed by atoms with van der Waals surface area (Å²) in [6.45, 7) is 4.24. The van der Waals surface area contributed by atoms with E-state index in [0.29, 0.717) is 23.4 Å². The largest absolute Gasteiger partial charge is 0.494 e. The van der Waals surface area contributed by atoms with E-state index in [1.165, 1.54) is 4.57 Å². The molecule has 2 N–H and O–H groups in total. The Bertz CT molecular complexity index is 702. The Morgan fingerprint density at radius 1 is 1.29 bits per heavy atom. The second kappa shape index (κ2) is 5.87. The van der Waals surface area contributed by atoms with Gasteiger partial charge in [-0.25, -0.2) is 4.79 Å². The fourth-order valence-corrected chi connectivity index (χ4v) is 2.47. The van der Waals surface area contributed by atoms with Crippen molar-refractivity contribution < 1.29 is 24.5 Å². The molecule has 0 spiro atoms.